The first-order valence-electron chi connectivity index (χ1n) is 6.72. The second-order valence-electron chi connectivity index (χ2n) is 4.95. The first-order valence-corrected chi connectivity index (χ1v) is 6.72. The third kappa shape index (κ3) is 3.16. The lowest BCUT2D eigenvalue weighted by Gasteiger charge is -2.22. The molecule has 1 aliphatic rings. The van der Waals surface area contributed by atoms with Crippen molar-refractivity contribution >= 4 is 0 Å². The maximum atomic E-state index is 9.48. The molecular weight excluding hydrogens is 228 g/mol. The summed E-state index contributed by atoms with van der Waals surface area (Å²) in [7, 11) is 1.64. The molecule has 1 N–H and O–H groups in total. The molecule has 0 heterocycles. The number of benzene rings is 1. The van der Waals surface area contributed by atoms with Gasteiger partial charge >= 0.3 is 0 Å². The zero-order valence-electron chi connectivity index (χ0n) is 11.0. The van der Waals surface area contributed by atoms with Crippen LogP contribution in [0.5, 0.6) is 11.5 Å². The molecule has 0 bridgehead atoms. The third-order valence-electron chi connectivity index (χ3n) is 3.82. The van der Waals surface area contributed by atoms with Crippen LogP contribution in [-0.4, -0.2) is 25.4 Å². The van der Waals surface area contributed by atoms with Crippen molar-refractivity contribution in [2.45, 2.75) is 25.7 Å². The SMILES string of the molecule is COc1ccccc1OCC(CO)C1CCCC1. The van der Waals surface area contributed by atoms with Gasteiger partial charge in [0.25, 0.3) is 0 Å². The van der Waals surface area contributed by atoms with Crippen LogP contribution in [-0.2, 0) is 0 Å². The predicted molar refractivity (Wildman–Crippen MR) is 71.0 cm³/mol. The number of methoxy groups -OCH3 is 1. The molecule has 1 saturated carbocycles. The molecule has 1 aromatic rings. The van der Waals surface area contributed by atoms with E-state index >= 15 is 0 Å². The molecule has 100 valence electrons. The van der Waals surface area contributed by atoms with E-state index in [0.717, 1.165) is 11.5 Å². The van der Waals surface area contributed by atoms with Crippen molar-refractivity contribution in [3.63, 3.8) is 0 Å². The van der Waals surface area contributed by atoms with Crippen molar-refractivity contribution in [1.82, 2.24) is 0 Å². The van der Waals surface area contributed by atoms with E-state index in [0.29, 0.717) is 12.5 Å². The van der Waals surface area contributed by atoms with Gasteiger partial charge in [0.2, 0.25) is 0 Å². The third-order valence-corrected chi connectivity index (χ3v) is 3.82. The summed E-state index contributed by atoms with van der Waals surface area (Å²) < 4.78 is 11.1. The Balaban J connectivity index is 1.92. The van der Waals surface area contributed by atoms with Crippen LogP contribution in [0.15, 0.2) is 24.3 Å². The summed E-state index contributed by atoms with van der Waals surface area (Å²) in [5.74, 6) is 2.37. The van der Waals surface area contributed by atoms with Crippen LogP contribution in [0.4, 0.5) is 0 Å². The standard InChI is InChI=1S/C15H22O3/c1-17-14-8-4-5-9-15(14)18-11-13(10-16)12-6-2-3-7-12/h4-5,8-9,12-13,16H,2-3,6-7,10-11H2,1H3. The van der Waals surface area contributed by atoms with Crippen LogP contribution in [0.2, 0.25) is 0 Å². The summed E-state index contributed by atoms with van der Waals surface area (Å²) in [4.78, 5) is 0. The highest BCUT2D eigenvalue weighted by Gasteiger charge is 2.25. The van der Waals surface area contributed by atoms with E-state index in [1.54, 1.807) is 7.11 Å². The summed E-state index contributed by atoms with van der Waals surface area (Å²) in [5.41, 5.74) is 0. The summed E-state index contributed by atoms with van der Waals surface area (Å²) in [6.45, 7) is 0.779. The van der Waals surface area contributed by atoms with E-state index in [-0.39, 0.29) is 12.5 Å². The number of rotatable bonds is 6. The Bertz CT molecular complexity index is 359. The van der Waals surface area contributed by atoms with Gasteiger partial charge < -0.3 is 14.6 Å². The van der Waals surface area contributed by atoms with Crippen molar-refractivity contribution < 1.29 is 14.6 Å². The van der Waals surface area contributed by atoms with Crippen LogP contribution in [0.25, 0.3) is 0 Å². The molecule has 1 fully saturated rings. The molecule has 0 spiro atoms. The molecule has 1 atom stereocenters. The van der Waals surface area contributed by atoms with Gasteiger partial charge in [-0.2, -0.15) is 0 Å². The lowest BCUT2D eigenvalue weighted by Crippen LogP contribution is -2.23. The fourth-order valence-corrected chi connectivity index (χ4v) is 2.70. The number of aliphatic hydroxyl groups excluding tert-OH is 1. The van der Waals surface area contributed by atoms with Gasteiger partial charge in [0, 0.05) is 12.5 Å². The second kappa shape index (κ2) is 6.64. The fraction of sp³-hybridized carbons (Fsp3) is 0.600. The van der Waals surface area contributed by atoms with E-state index in [2.05, 4.69) is 0 Å². The molecule has 0 amide bonds. The smallest absolute Gasteiger partial charge is 0.161 e. The predicted octanol–water partition coefficient (Wildman–Crippen LogP) is 2.87. The van der Waals surface area contributed by atoms with Gasteiger partial charge in [-0.3, -0.25) is 0 Å². The minimum atomic E-state index is 0.208. The normalized spacial score (nSPS) is 17.7. The van der Waals surface area contributed by atoms with Gasteiger partial charge in [-0.15, -0.1) is 0 Å². The number of hydrogen-bond donors (Lipinski definition) is 1. The number of hydrogen-bond acceptors (Lipinski definition) is 3. The zero-order valence-corrected chi connectivity index (χ0v) is 11.0. The summed E-state index contributed by atoms with van der Waals surface area (Å²) in [5, 5.41) is 9.48. The Hall–Kier alpha value is -1.22. The van der Waals surface area contributed by atoms with Crippen LogP contribution in [0.1, 0.15) is 25.7 Å². The monoisotopic (exact) mass is 250 g/mol. The minimum Gasteiger partial charge on any atom is -0.493 e. The lowest BCUT2D eigenvalue weighted by atomic mass is 9.92. The van der Waals surface area contributed by atoms with Crippen molar-refractivity contribution in [2.24, 2.45) is 11.8 Å². The molecule has 2 rings (SSSR count). The van der Waals surface area contributed by atoms with Gasteiger partial charge in [0.15, 0.2) is 11.5 Å². The van der Waals surface area contributed by atoms with E-state index in [9.17, 15) is 5.11 Å². The Morgan fingerprint density at radius 2 is 1.89 bits per heavy atom. The Morgan fingerprint density at radius 1 is 1.22 bits per heavy atom. The van der Waals surface area contributed by atoms with Crippen molar-refractivity contribution in [2.75, 3.05) is 20.3 Å². The van der Waals surface area contributed by atoms with Crippen LogP contribution < -0.4 is 9.47 Å². The first-order chi connectivity index (χ1) is 8.85. The highest BCUT2D eigenvalue weighted by atomic mass is 16.5. The summed E-state index contributed by atoms with van der Waals surface area (Å²) >= 11 is 0. The summed E-state index contributed by atoms with van der Waals surface area (Å²) in [6.07, 6.45) is 5.02. The van der Waals surface area contributed by atoms with Crippen LogP contribution in [0, 0.1) is 11.8 Å². The first kappa shape index (κ1) is 13.2. The van der Waals surface area contributed by atoms with Gasteiger partial charge in [0.05, 0.1) is 13.7 Å². The molecule has 1 aromatic carbocycles. The number of aliphatic hydroxyl groups is 1. The van der Waals surface area contributed by atoms with Crippen molar-refractivity contribution in [3.05, 3.63) is 24.3 Å². The quantitative estimate of drug-likeness (QED) is 0.843. The Kier molecular flexibility index (Phi) is 4.88. The molecule has 0 aliphatic heterocycles. The molecule has 1 unspecified atom stereocenters. The molecule has 0 radical (unpaired) electrons. The van der Waals surface area contributed by atoms with Crippen molar-refractivity contribution in [1.29, 1.82) is 0 Å². The van der Waals surface area contributed by atoms with Crippen molar-refractivity contribution in [3.8, 4) is 11.5 Å². The molecule has 3 heteroatoms. The average Bonchev–Trinajstić information content (AvgIpc) is 2.94. The fourth-order valence-electron chi connectivity index (χ4n) is 2.70. The zero-order chi connectivity index (χ0) is 12.8. The Morgan fingerprint density at radius 3 is 2.50 bits per heavy atom. The highest BCUT2D eigenvalue weighted by molar-refractivity contribution is 5.39. The Labute approximate surface area is 109 Å². The van der Waals surface area contributed by atoms with E-state index in [1.807, 2.05) is 24.3 Å². The molecule has 1 aliphatic carbocycles. The highest BCUT2D eigenvalue weighted by Crippen LogP contribution is 2.33. The second-order valence-corrected chi connectivity index (χ2v) is 4.95. The lowest BCUT2D eigenvalue weighted by molar-refractivity contribution is 0.117. The van der Waals surface area contributed by atoms with Gasteiger partial charge in [0.1, 0.15) is 0 Å². The molecule has 3 nitrogen and oxygen atoms in total. The van der Waals surface area contributed by atoms with Crippen LogP contribution in [0.3, 0.4) is 0 Å². The summed E-state index contributed by atoms with van der Waals surface area (Å²) in [6, 6.07) is 7.65. The molecular formula is C15H22O3. The topological polar surface area (TPSA) is 38.7 Å². The molecule has 18 heavy (non-hydrogen) atoms. The number of ether oxygens (including phenoxy) is 2. The van der Waals surface area contributed by atoms with Gasteiger partial charge in [-0.05, 0) is 30.9 Å². The minimum absolute atomic E-state index is 0.208. The van der Waals surface area contributed by atoms with Gasteiger partial charge in [-0.25, -0.2) is 0 Å². The van der Waals surface area contributed by atoms with E-state index in [1.165, 1.54) is 25.7 Å². The maximum absolute atomic E-state index is 9.48. The van der Waals surface area contributed by atoms with Crippen LogP contribution >= 0.6 is 0 Å². The average molecular weight is 250 g/mol. The largest absolute Gasteiger partial charge is 0.493 e. The maximum Gasteiger partial charge on any atom is 0.161 e. The molecule has 0 aromatic heterocycles. The van der Waals surface area contributed by atoms with E-state index < -0.39 is 0 Å². The van der Waals surface area contributed by atoms with Gasteiger partial charge in [-0.1, -0.05) is 25.0 Å². The molecule has 0 saturated heterocycles. The van der Waals surface area contributed by atoms with E-state index in [4.69, 9.17) is 9.47 Å². The number of para-hydroxylation sites is 2.